The number of amides is 1. The highest BCUT2D eigenvalue weighted by molar-refractivity contribution is 6.31. The van der Waals surface area contributed by atoms with Crippen LogP contribution in [0.1, 0.15) is 28.8 Å². The van der Waals surface area contributed by atoms with E-state index in [4.69, 9.17) is 16.3 Å². The molecular weight excluding hydrogens is 409 g/mol. The molecule has 29 heavy (non-hydrogen) atoms. The summed E-state index contributed by atoms with van der Waals surface area (Å²) in [5, 5.41) is 12.5. The number of nitrogens with one attached hydrogen (secondary N) is 1. The number of nitrogens with zero attached hydrogens (tertiary/aromatic N) is 1. The fourth-order valence-corrected chi connectivity index (χ4v) is 3.27. The number of hydrogen-bond donors (Lipinski definition) is 2. The Kier molecular flexibility index (Phi) is 6.54. The molecule has 0 unspecified atom stereocenters. The third-order valence-electron chi connectivity index (χ3n) is 4.62. The molecule has 0 aliphatic carbocycles. The second kappa shape index (κ2) is 8.92. The molecule has 3 rings (SSSR count). The van der Waals surface area contributed by atoms with E-state index in [0.717, 1.165) is 38.1 Å². The first-order valence-electron chi connectivity index (χ1n) is 9.10. The van der Waals surface area contributed by atoms with Gasteiger partial charge in [0.25, 0.3) is 5.91 Å². The zero-order valence-corrected chi connectivity index (χ0v) is 16.2. The minimum atomic E-state index is -4.58. The van der Waals surface area contributed by atoms with E-state index in [1.807, 2.05) is 0 Å². The lowest BCUT2D eigenvalue weighted by molar-refractivity contribution is -0.137. The second-order valence-electron chi connectivity index (χ2n) is 6.72. The smallest absolute Gasteiger partial charge is 0.416 e. The van der Waals surface area contributed by atoms with Crippen molar-refractivity contribution in [3.8, 4) is 11.5 Å². The van der Waals surface area contributed by atoms with Gasteiger partial charge in [0.05, 0.1) is 16.8 Å². The van der Waals surface area contributed by atoms with Crippen LogP contribution >= 0.6 is 11.6 Å². The van der Waals surface area contributed by atoms with Crippen LogP contribution in [0.2, 0.25) is 5.02 Å². The number of aromatic hydroxyl groups is 1. The summed E-state index contributed by atoms with van der Waals surface area (Å²) in [6.45, 7) is 2.85. The van der Waals surface area contributed by atoms with Crippen molar-refractivity contribution in [1.29, 1.82) is 0 Å². The first kappa shape index (κ1) is 21.3. The van der Waals surface area contributed by atoms with Gasteiger partial charge < -0.3 is 15.2 Å². The van der Waals surface area contributed by atoms with Gasteiger partial charge in [-0.05, 0) is 62.3 Å². The topological polar surface area (TPSA) is 61.8 Å². The lowest BCUT2D eigenvalue weighted by Gasteiger charge is -2.18. The number of rotatable bonds is 6. The Balaban J connectivity index is 1.80. The summed E-state index contributed by atoms with van der Waals surface area (Å²) in [5.74, 6) is -1.02. The molecule has 0 aromatic heterocycles. The Bertz CT molecular complexity index is 884. The van der Waals surface area contributed by atoms with Crippen LogP contribution in [0.15, 0.2) is 36.4 Å². The molecule has 1 saturated heterocycles. The van der Waals surface area contributed by atoms with Crippen molar-refractivity contribution < 1.29 is 27.8 Å². The summed E-state index contributed by atoms with van der Waals surface area (Å²) in [6.07, 6.45) is -2.35. The van der Waals surface area contributed by atoms with E-state index in [2.05, 4.69) is 10.2 Å². The van der Waals surface area contributed by atoms with E-state index in [1.54, 1.807) is 0 Å². The van der Waals surface area contributed by atoms with Gasteiger partial charge in [-0.2, -0.15) is 13.2 Å². The van der Waals surface area contributed by atoms with Gasteiger partial charge in [0.2, 0.25) is 0 Å². The highest BCUT2D eigenvalue weighted by atomic mass is 35.5. The zero-order chi connectivity index (χ0) is 21.0. The lowest BCUT2D eigenvalue weighted by atomic mass is 10.1. The van der Waals surface area contributed by atoms with Crippen molar-refractivity contribution in [1.82, 2.24) is 4.90 Å². The summed E-state index contributed by atoms with van der Waals surface area (Å²) in [5.41, 5.74) is -1.21. The van der Waals surface area contributed by atoms with Gasteiger partial charge in [0, 0.05) is 11.6 Å². The Morgan fingerprint density at radius 3 is 2.59 bits per heavy atom. The van der Waals surface area contributed by atoms with Crippen molar-refractivity contribution in [3.63, 3.8) is 0 Å². The van der Waals surface area contributed by atoms with Gasteiger partial charge >= 0.3 is 6.18 Å². The van der Waals surface area contributed by atoms with Crippen LogP contribution < -0.4 is 10.1 Å². The maximum Gasteiger partial charge on any atom is 0.416 e. The Morgan fingerprint density at radius 2 is 1.90 bits per heavy atom. The van der Waals surface area contributed by atoms with Crippen LogP contribution in [0.3, 0.4) is 0 Å². The number of carbonyl (C=O) groups is 1. The summed E-state index contributed by atoms with van der Waals surface area (Å²) in [4.78, 5) is 14.7. The monoisotopic (exact) mass is 428 g/mol. The van der Waals surface area contributed by atoms with Crippen LogP contribution in [-0.2, 0) is 6.18 Å². The Morgan fingerprint density at radius 1 is 1.17 bits per heavy atom. The average molecular weight is 429 g/mol. The van der Waals surface area contributed by atoms with Gasteiger partial charge in [-0.15, -0.1) is 0 Å². The molecule has 1 fully saturated rings. The van der Waals surface area contributed by atoms with Crippen LogP contribution in [0.4, 0.5) is 18.9 Å². The summed E-state index contributed by atoms with van der Waals surface area (Å²) >= 11 is 5.84. The third-order valence-corrected chi connectivity index (χ3v) is 4.86. The Hall–Kier alpha value is -2.45. The summed E-state index contributed by atoms with van der Waals surface area (Å²) < 4.78 is 45.0. The maximum atomic E-state index is 13.1. The first-order valence-corrected chi connectivity index (χ1v) is 9.48. The average Bonchev–Trinajstić information content (AvgIpc) is 3.17. The van der Waals surface area contributed by atoms with Gasteiger partial charge in [-0.3, -0.25) is 9.69 Å². The number of phenolic OH excluding ortho intramolecular Hbond substituents is 1. The molecule has 0 spiro atoms. The number of ether oxygens (including phenoxy) is 1. The molecule has 1 aliphatic heterocycles. The molecule has 1 aliphatic rings. The number of hydrogen-bond acceptors (Lipinski definition) is 4. The zero-order valence-electron chi connectivity index (χ0n) is 15.4. The highest BCUT2D eigenvalue weighted by Gasteiger charge is 2.31. The fraction of sp³-hybridized carbons (Fsp3) is 0.350. The van der Waals surface area contributed by atoms with Gasteiger partial charge in [0.15, 0.2) is 0 Å². The van der Waals surface area contributed by atoms with Crippen molar-refractivity contribution in [2.45, 2.75) is 19.0 Å². The molecule has 0 saturated carbocycles. The summed E-state index contributed by atoms with van der Waals surface area (Å²) in [6, 6.07) is 6.75. The highest BCUT2D eigenvalue weighted by Crippen LogP contribution is 2.35. The van der Waals surface area contributed by atoms with Crippen LogP contribution in [0.5, 0.6) is 11.5 Å². The fourth-order valence-electron chi connectivity index (χ4n) is 3.10. The van der Waals surface area contributed by atoms with E-state index in [9.17, 15) is 23.1 Å². The van der Waals surface area contributed by atoms with E-state index < -0.39 is 17.6 Å². The molecule has 1 heterocycles. The molecule has 9 heteroatoms. The molecule has 2 aromatic rings. The Labute approximate surface area is 171 Å². The summed E-state index contributed by atoms with van der Waals surface area (Å²) in [7, 11) is 0. The van der Waals surface area contributed by atoms with Crippen LogP contribution in [-0.4, -0.2) is 42.2 Å². The van der Waals surface area contributed by atoms with Crippen molar-refractivity contribution >= 4 is 23.2 Å². The molecule has 0 radical (unpaired) electrons. The van der Waals surface area contributed by atoms with Crippen molar-refractivity contribution in [3.05, 3.63) is 52.5 Å². The van der Waals surface area contributed by atoms with Crippen LogP contribution in [0.25, 0.3) is 0 Å². The number of benzene rings is 2. The van der Waals surface area contributed by atoms with E-state index >= 15 is 0 Å². The maximum absolute atomic E-state index is 13.1. The van der Waals surface area contributed by atoms with E-state index in [1.165, 1.54) is 24.3 Å². The predicted molar refractivity (Wildman–Crippen MR) is 104 cm³/mol. The first-order chi connectivity index (χ1) is 13.7. The standard InChI is InChI=1S/C20H20ClF3N2O3/c21-14-4-5-17(27)15(12-14)19(28)25-16-11-13(20(22,23)24)3-6-18(16)29-10-9-26-7-1-2-8-26/h3-6,11-12,27H,1-2,7-10H2,(H,25,28). The van der Waals surface area contributed by atoms with Gasteiger partial charge in [0.1, 0.15) is 18.1 Å². The van der Waals surface area contributed by atoms with Gasteiger partial charge in [-0.25, -0.2) is 0 Å². The number of likely N-dealkylation sites (tertiary alicyclic amines) is 1. The molecular formula is C20H20ClF3N2O3. The largest absolute Gasteiger partial charge is 0.507 e. The number of phenols is 1. The second-order valence-corrected chi connectivity index (χ2v) is 7.16. The molecule has 2 N–H and O–H groups in total. The molecule has 1 amide bonds. The minimum Gasteiger partial charge on any atom is -0.507 e. The quantitative estimate of drug-likeness (QED) is 0.694. The van der Waals surface area contributed by atoms with Gasteiger partial charge in [-0.1, -0.05) is 11.6 Å². The minimum absolute atomic E-state index is 0.118. The predicted octanol–water partition coefficient (Wildman–Crippen LogP) is 4.79. The third kappa shape index (κ3) is 5.55. The SMILES string of the molecule is O=C(Nc1cc(C(F)(F)F)ccc1OCCN1CCCC1)c1cc(Cl)ccc1O. The molecule has 156 valence electrons. The molecule has 0 bridgehead atoms. The van der Waals surface area contributed by atoms with E-state index in [0.29, 0.717) is 6.54 Å². The molecule has 0 atom stereocenters. The number of alkyl halides is 3. The molecule has 5 nitrogen and oxygen atoms in total. The lowest BCUT2D eigenvalue weighted by Crippen LogP contribution is -2.25. The van der Waals surface area contributed by atoms with E-state index in [-0.39, 0.29) is 34.4 Å². The van der Waals surface area contributed by atoms with Crippen molar-refractivity contribution in [2.75, 3.05) is 31.6 Å². The molecule has 2 aromatic carbocycles. The number of halogens is 4. The number of anilines is 1. The number of carbonyl (C=O) groups excluding carboxylic acids is 1. The normalized spacial score (nSPS) is 14.8. The van der Waals surface area contributed by atoms with Crippen molar-refractivity contribution in [2.24, 2.45) is 0 Å². The van der Waals surface area contributed by atoms with Crippen LogP contribution in [0, 0.1) is 0 Å².